The Kier molecular flexibility index (Phi) is 2.55. The van der Waals surface area contributed by atoms with E-state index in [2.05, 4.69) is 4.74 Å². The van der Waals surface area contributed by atoms with Crippen molar-refractivity contribution < 1.29 is 17.9 Å². The van der Waals surface area contributed by atoms with Crippen molar-refractivity contribution in [1.82, 2.24) is 0 Å². The van der Waals surface area contributed by atoms with Gasteiger partial charge in [-0.3, -0.25) is 0 Å². The number of hydrogen-bond acceptors (Lipinski definition) is 1. The van der Waals surface area contributed by atoms with Crippen LogP contribution in [0.2, 0.25) is 0 Å². The zero-order valence-electron chi connectivity index (χ0n) is 5.12. The SMILES string of the molecule is CO/C=C(/C)C(F)(F)F. The third-order valence-electron chi connectivity index (χ3n) is 0.742. The van der Waals surface area contributed by atoms with Crippen LogP contribution in [0.15, 0.2) is 11.8 Å². The minimum atomic E-state index is -4.25. The molecule has 0 N–H and O–H groups in total. The predicted molar refractivity (Wildman–Crippen MR) is 26.8 cm³/mol. The summed E-state index contributed by atoms with van der Waals surface area (Å²) in [5.74, 6) is 0. The Morgan fingerprint density at radius 2 is 1.89 bits per heavy atom. The standard InChI is InChI=1S/C5H7F3O/c1-4(3-9-2)5(6,7)8/h3H,1-2H3/b4-3-. The van der Waals surface area contributed by atoms with Crippen LogP contribution in [0.1, 0.15) is 6.92 Å². The van der Waals surface area contributed by atoms with Gasteiger partial charge in [0.15, 0.2) is 0 Å². The second-order valence-corrected chi connectivity index (χ2v) is 1.53. The molecule has 0 aromatic carbocycles. The monoisotopic (exact) mass is 140 g/mol. The quantitative estimate of drug-likeness (QED) is 0.507. The summed E-state index contributed by atoms with van der Waals surface area (Å²) >= 11 is 0. The van der Waals surface area contributed by atoms with Crippen molar-refractivity contribution in [3.63, 3.8) is 0 Å². The van der Waals surface area contributed by atoms with Gasteiger partial charge in [-0.15, -0.1) is 0 Å². The Bertz CT molecular complexity index is 114. The number of allylic oxidation sites excluding steroid dienone is 1. The van der Waals surface area contributed by atoms with Crippen molar-refractivity contribution in [2.45, 2.75) is 13.1 Å². The van der Waals surface area contributed by atoms with Gasteiger partial charge in [0, 0.05) is 0 Å². The van der Waals surface area contributed by atoms with Crippen LogP contribution in [0.25, 0.3) is 0 Å². The molecule has 0 fully saturated rings. The molecule has 1 nitrogen and oxygen atoms in total. The zero-order valence-corrected chi connectivity index (χ0v) is 5.12. The first-order valence-electron chi connectivity index (χ1n) is 2.25. The minimum Gasteiger partial charge on any atom is -0.504 e. The van der Waals surface area contributed by atoms with Gasteiger partial charge in [0.05, 0.1) is 18.9 Å². The highest BCUT2D eigenvalue weighted by Gasteiger charge is 2.30. The van der Waals surface area contributed by atoms with Crippen molar-refractivity contribution in [3.8, 4) is 0 Å². The van der Waals surface area contributed by atoms with E-state index in [9.17, 15) is 13.2 Å². The van der Waals surface area contributed by atoms with Crippen molar-refractivity contribution in [1.29, 1.82) is 0 Å². The van der Waals surface area contributed by atoms with Gasteiger partial charge in [-0.25, -0.2) is 0 Å². The van der Waals surface area contributed by atoms with Gasteiger partial charge >= 0.3 is 6.18 Å². The van der Waals surface area contributed by atoms with Crippen LogP contribution < -0.4 is 0 Å². The summed E-state index contributed by atoms with van der Waals surface area (Å²) in [7, 11) is 1.18. The molecular formula is C5H7F3O. The molecule has 54 valence electrons. The molecule has 0 spiro atoms. The Hall–Kier alpha value is -0.670. The summed E-state index contributed by atoms with van der Waals surface area (Å²) in [6.07, 6.45) is -3.59. The molecule has 0 aliphatic heterocycles. The normalized spacial score (nSPS) is 13.7. The fraction of sp³-hybridized carbons (Fsp3) is 0.600. The molecule has 0 atom stereocenters. The van der Waals surface area contributed by atoms with Crippen LogP contribution in [0.3, 0.4) is 0 Å². The molecule has 0 rings (SSSR count). The average molecular weight is 140 g/mol. The maximum Gasteiger partial charge on any atom is 0.415 e. The maximum absolute atomic E-state index is 11.5. The summed E-state index contributed by atoms with van der Waals surface area (Å²) in [6, 6.07) is 0. The lowest BCUT2D eigenvalue weighted by Crippen LogP contribution is -2.08. The van der Waals surface area contributed by atoms with Gasteiger partial charge in [0.2, 0.25) is 0 Å². The van der Waals surface area contributed by atoms with Crippen molar-refractivity contribution in [2.75, 3.05) is 7.11 Å². The maximum atomic E-state index is 11.5. The van der Waals surface area contributed by atoms with Crippen LogP contribution in [0.5, 0.6) is 0 Å². The van der Waals surface area contributed by atoms with E-state index >= 15 is 0 Å². The van der Waals surface area contributed by atoms with Gasteiger partial charge in [-0.2, -0.15) is 13.2 Å². The molecule has 0 aliphatic carbocycles. The lowest BCUT2D eigenvalue weighted by molar-refractivity contribution is -0.0932. The summed E-state index contributed by atoms with van der Waals surface area (Å²) in [6.45, 7) is 0.948. The van der Waals surface area contributed by atoms with Gasteiger partial charge in [0.1, 0.15) is 0 Å². The summed E-state index contributed by atoms with van der Waals surface area (Å²) < 4.78 is 38.6. The first-order chi connectivity index (χ1) is 3.98. The van der Waals surface area contributed by atoms with Crippen LogP contribution in [-0.2, 0) is 4.74 Å². The number of alkyl halides is 3. The second-order valence-electron chi connectivity index (χ2n) is 1.53. The van der Waals surface area contributed by atoms with E-state index in [1.807, 2.05) is 0 Å². The van der Waals surface area contributed by atoms with Crippen LogP contribution in [0, 0.1) is 0 Å². The number of halogens is 3. The molecule has 0 unspecified atom stereocenters. The molecule has 0 heterocycles. The molecule has 0 aromatic heterocycles. The highest BCUT2D eigenvalue weighted by Crippen LogP contribution is 2.24. The zero-order chi connectivity index (χ0) is 7.49. The van der Waals surface area contributed by atoms with Crippen LogP contribution >= 0.6 is 0 Å². The summed E-state index contributed by atoms with van der Waals surface area (Å²) in [4.78, 5) is 0. The molecule has 0 aromatic rings. The van der Waals surface area contributed by atoms with Crippen LogP contribution in [0.4, 0.5) is 13.2 Å². The smallest absolute Gasteiger partial charge is 0.415 e. The fourth-order valence-corrected chi connectivity index (χ4v) is 0.244. The predicted octanol–water partition coefficient (Wildman–Crippen LogP) is 2.10. The molecule has 9 heavy (non-hydrogen) atoms. The first kappa shape index (κ1) is 8.33. The lowest BCUT2D eigenvalue weighted by atomic mass is 10.3. The summed E-state index contributed by atoms with van der Waals surface area (Å²) in [5.41, 5.74) is -0.731. The van der Waals surface area contributed by atoms with E-state index in [1.165, 1.54) is 7.11 Å². The van der Waals surface area contributed by atoms with Crippen molar-refractivity contribution in [2.24, 2.45) is 0 Å². The van der Waals surface area contributed by atoms with E-state index in [-0.39, 0.29) is 0 Å². The van der Waals surface area contributed by atoms with Gasteiger partial charge in [0.25, 0.3) is 0 Å². The van der Waals surface area contributed by atoms with E-state index in [1.54, 1.807) is 0 Å². The fourth-order valence-electron chi connectivity index (χ4n) is 0.244. The number of rotatable bonds is 1. The van der Waals surface area contributed by atoms with E-state index in [4.69, 9.17) is 0 Å². The molecule has 4 heteroatoms. The minimum absolute atomic E-state index is 0.667. The van der Waals surface area contributed by atoms with Gasteiger partial charge < -0.3 is 4.74 Å². The highest BCUT2D eigenvalue weighted by molar-refractivity contribution is 5.00. The molecule has 0 saturated heterocycles. The highest BCUT2D eigenvalue weighted by atomic mass is 19.4. The van der Waals surface area contributed by atoms with Gasteiger partial charge in [-0.1, -0.05) is 0 Å². The first-order valence-corrected chi connectivity index (χ1v) is 2.25. The van der Waals surface area contributed by atoms with E-state index in [0.29, 0.717) is 6.26 Å². The molecule has 0 radical (unpaired) electrons. The number of hydrogen-bond donors (Lipinski definition) is 0. The summed E-state index contributed by atoms with van der Waals surface area (Å²) in [5, 5.41) is 0. The number of methoxy groups -OCH3 is 1. The Balaban J connectivity index is 4.03. The molecule has 0 bridgehead atoms. The molecule has 0 aliphatic rings. The third kappa shape index (κ3) is 3.00. The largest absolute Gasteiger partial charge is 0.504 e. The average Bonchev–Trinajstić information content (AvgIpc) is 1.64. The third-order valence-corrected chi connectivity index (χ3v) is 0.742. The van der Waals surface area contributed by atoms with Crippen molar-refractivity contribution in [3.05, 3.63) is 11.8 Å². The lowest BCUT2D eigenvalue weighted by Gasteiger charge is -2.04. The second kappa shape index (κ2) is 2.75. The van der Waals surface area contributed by atoms with E-state index in [0.717, 1.165) is 6.92 Å². The number of ether oxygens (including phenoxy) is 1. The molecule has 0 saturated carbocycles. The topological polar surface area (TPSA) is 9.23 Å². The molecule has 0 amide bonds. The van der Waals surface area contributed by atoms with E-state index < -0.39 is 11.7 Å². The van der Waals surface area contributed by atoms with Crippen LogP contribution in [-0.4, -0.2) is 13.3 Å². The Morgan fingerprint density at radius 1 is 1.44 bits per heavy atom. The van der Waals surface area contributed by atoms with Crippen molar-refractivity contribution >= 4 is 0 Å². The Labute approximate surface area is 51.1 Å². The molecular weight excluding hydrogens is 133 g/mol. The Morgan fingerprint density at radius 3 is 2.00 bits per heavy atom. The van der Waals surface area contributed by atoms with Gasteiger partial charge in [-0.05, 0) is 6.92 Å².